The number of halogens is 1. The zero-order chi connectivity index (χ0) is 16.2. The molecule has 2 aromatic rings. The quantitative estimate of drug-likeness (QED) is 0.883. The van der Waals surface area contributed by atoms with E-state index in [9.17, 15) is 4.79 Å². The van der Waals surface area contributed by atoms with Crippen molar-refractivity contribution in [3.8, 4) is 5.69 Å². The lowest BCUT2D eigenvalue weighted by Gasteiger charge is -2.30. The van der Waals surface area contributed by atoms with Gasteiger partial charge in [-0.05, 0) is 31.5 Å². The van der Waals surface area contributed by atoms with Gasteiger partial charge in [0.2, 0.25) is 5.91 Å². The number of para-hydroxylation sites is 1. The van der Waals surface area contributed by atoms with Gasteiger partial charge in [-0.25, -0.2) is 4.68 Å². The average molecular weight is 351 g/mol. The summed E-state index contributed by atoms with van der Waals surface area (Å²) in [4.78, 5) is 12.5. The molecule has 3 rings (SSSR count). The second-order valence-electron chi connectivity index (χ2n) is 5.75. The fourth-order valence-electron chi connectivity index (χ4n) is 2.88. The highest BCUT2D eigenvalue weighted by Gasteiger charge is 2.29. The largest absolute Gasteiger partial charge is 0.375 e. The lowest BCUT2D eigenvalue weighted by Crippen LogP contribution is -2.55. The van der Waals surface area contributed by atoms with Gasteiger partial charge in [0.15, 0.2) is 0 Å². The Balaban J connectivity index is 0.00000208. The predicted molar refractivity (Wildman–Crippen MR) is 94.6 cm³/mol. The number of aromatic nitrogens is 2. The van der Waals surface area contributed by atoms with Crippen molar-refractivity contribution in [2.45, 2.75) is 32.0 Å². The summed E-state index contributed by atoms with van der Waals surface area (Å²) in [7, 11) is 0. The summed E-state index contributed by atoms with van der Waals surface area (Å²) in [6.07, 6.45) is 3.51. The normalized spacial score (nSPS) is 21.6. The highest BCUT2D eigenvalue weighted by molar-refractivity contribution is 5.85. The molecule has 2 heterocycles. The van der Waals surface area contributed by atoms with Crippen LogP contribution in [-0.4, -0.2) is 41.0 Å². The van der Waals surface area contributed by atoms with E-state index in [1.807, 2.05) is 55.1 Å². The molecule has 1 aromatic carbocycles. The summed E-state index contributed by atoms with van der Waals surface area (Å²) >= 11 is 0. The van der Waals surface area contributed by atoms with Crippen molar-refractivity contribution in [2.24, 2.45) is 0 Å². The number of amides is 1. The summed E-state index contributed by atoms with van der Waals surface area (Å²) in [6.45, 7) is 5.23. The van der Waals surface area contributed by atoms with Gasteiger partial charge in [0.1, 0.15) is 6.04 Å². The van der Waals surface area contributed by atoms with Crippen molar-refractivity contribution in [2.75, 3.05) is 13.2 Å². The van der Waals surface area contributed by atoms with E-state index >= 15 is 0 Å². The van der Waals surface area contributed by atoms with E-state index in [0.29, 0.717) is 13.2 Å². The lowest BCUT2D eigenvalue weighted by molar-refractivity contribution is -0.129. The first-order valence-corrected chi connectivity index (χ1v) is 7.91. The third kappa shape index (κ3) is 3.95. The van der Waals surface area contributed by atoms with E-state index in [0.717, 1.165) is 11.3 Å². The molecular weight excluding hydrogens is 328 g/mol. The van der Waals surface area contributed by atoms with Crippen LogP contribution in [0.25, 0.3) is 5.69 Å². The molecule has 0 saturated carbocycles. The van der Waals surface area contributed by atoms with Gasteiger partial charge in [-0.1, -0.05) is 18.2 Å². The molecule has 130 valence electrons. The third-order valence-electron chi connectivity index (χ3n) is 4.11. The molecule has 1 unspecified atom stereocenters. The molecule has 0 bridgehead atoms. The van der Waals surface area contributed by atoms with Crippen LogP contribution in [-0.2, 0) is 9.53 Å². The first-order valence-electron chi connectivity index (χ1n) is 7.91. The first-order chi connectivity index (χ1) is 11.2. The topological polar surface area (TPSA) is 68.2 Å². The number of benzene rings is 1. The highest BCUT2D eigenvalue weighted by atomic mass is 35.5. The van der Waals surface area contributed by atoms with Gasteiger partial charge in [0.25, 0.3) is 0 Å². The number of carbonyl (C=O) groups excluding carboxylic acids is 1. The molecule has 0 aliphatic carbocycles. The average Bonchev–Trinajstić information content (AvgIpc) is 3.09. The Morgan fingerprint density at radius 3 is 2.92 bits per heavy atom. The van der Waals surface area contributed by atoms with Gasteiger partial charge < -0.3 is 15.4 Å². The van der Waals surface area contributed by atoms with Crippen LogP contribution in [0.1, 0.15) is 25.5 Å². The molecule has 6 nitrogen and oxygen atoms in total. The van der Waals surface area contributed by atoms with Crippen LogP contribution < -0.4 is 10.6 Å². The molecule has 2 N–H and O–H groups in total. The van der Waals surface area contributed by atoms with Crippen molar-refractivity contribution >= 4 is 18.3 Å². The van der Waals surface area contributed by atoms with Gasteiger partial charge in [-0.3, -0.25) is 4.79 Å². The fraction of sp³-hybridized carbons (Fsp3) is 0.412. The van der Waals surface area contributed by atoms with Gasteiger partial charge >= 0.3 is 0 Å². The molecule has 7 heteroatoms. The molecule has 1 amide bonds. The maximum absolute atomic E-state index is 12.5. The number of rotatable bonds is 4. The Kier molecular flexibility index (Phi) is 6.36. The molecule has 1 saturated heterocycles. The number of nitrogens with zero attached hydrogens (tertiary/aromatic N) is 2. The molecule has 1 aliphatic heterocycles. The first kappa shape index (κ1) is 18.4. The Bertz CT molecular complexity index is 662. The molecule has 0 spiro atoms. The third-order valence-corrected chi connectivity index (χ3v) is 4.11. The zero-order valence-corrected chi connectivity index (χ0v) is 14.6. The van der Waals surface area contributed by atoms with Crippen molar-refractivity contribution in [3.05, 3.63) is 48.3 Å². The van der Waals surface area contributed by atoms with Crippen LogP contribution in [0, 0.1) is 0 Å². The van der Waals surface area contributed by atoms with Gasteiger partial charge in [-0.2, -0.15) is 5.10 Å². The van der Waals surface area contributed by atoms with Crippen LogP contribution in [0.2, 0.25) is 0 Å². The Morgan fingerprint density at radius 2 is 2.21 bits per heavy atom. The summed E-state index contributed by atoms with van der Waals surface area (Å²) in [5.41, 5.74) is 1.99. The minimum Gasteiger partial charge on any atom is -0.375 e. The van der Waals surface area contributed by atoms with Crippen LogP contribution >= 0.6 is 12.4 Å². The molecule has 24 heavy (non-hydrogen) atoms. The summed E-state index contributed by atoms with van der Waals surface area (Å²) < 4.78 is 7.35. The standard InChI is InChI=1S/C17H22N4O2.ClH/c1-12(20-17(22)16-13(2)23-11-9-18-16)14-6-3-4-7-15(14)21-10-5-8-19-21;/h3-8,10,12-13,16,18H,9,11H2,1-2H3,(H,20,22);1H/t12?,13-,16+;/m1./s1. The smallest absolute Gasteiger partial charge is 0.240 e. The van der Waals surface area contributed by atoms with E-state index in [1.165, 1.54) is 0 Å². The van der Waals surface area contributed by atoms with Gasteiger partial charge in [-0.15, -0.1) is 12.4 Å². The minimum absolute atomic E-state index is 0. The van der Waals surface area contributed by atoms with Crippen molar-refractivity contribution in [3.63, 3.8) is 0 Å². The number of nitrogens with one attached hydrogen (secondary N) is 2. The number of hydrogen-bond donors (Lipinski definition) is 2. The van der Waals surface area contributed by atoms with E-state index in [4.69, 9.17) is 4.74 Å². The monoisotopic (exact) mass is 350 g/mol. The molecular formula is C17H23ClN4O2. The second kappa shape index (κ2) is 8.28. The number of carbonyl (C=O) groups is 1. The molecule has 1 aromatic heterocycles. The maximum Gasteiger partial charge on any atom is 0.240 e. The SMILES string of the molecule is CC(NC(=O)[C@H]1NCCO[C@@H]1C)c1ccccc1-n1cccn1.Cl. The minimum atomic E-state index is -0.317. The molecule has 3 atom stereocenters. The zero-order valence-electron chi connectivity index (χ0n) is 13.8. The number of hydrogen-bond acceptors (Lipinski definition) is 4. The highest BCUT2D eigenvalue weighted by Crippen LogP contribution is 2.21. The van der Waals surface area contributed by atoms with Crippen molar-refractivity contribution in [1.82, 2.24) is 20.4 Å². The molecule has 1 aliphatic rings. The van der Waals surface area contributed by atoms with Gasteiger partial charge in [0.05, 0.1) is 24.4 Å². The fourth-order valence-corrected chi connectivity index (χ4v) is 2.88. The lowest BCUT2D eigenvalue weighted by atomic mass is 10.0. The van der Waals surface area contributed by atoms with Crippen LogP contribution in [0.3, 0.4) is 0 Å². The second-order valence-corrected chi connectivity index (χ2v) is 5.75. The Hall–Kier alpha value is -1.89. The maximum atomic E-state index is 12.5. The van der Waals surface area contributed by atoms with E-state index in [-0.39, 0.29) is 36.5 Å². The van der Waals surface area contributed by atoms with Gasteiger partial charge in [0, 0.05) is 18.9 Å². The summed E-state index contributed by atoms with van der Waals surface area (Å²) in [5, 5.41) is 10.6. The van der Waals surface area contributed by atoms with E-state index < -0.39 is 0 Å². The summed E-state index contributed by atoms with van der Waals surface area (Å²) in [6, 6.07) is 9.38. The van der Waals surface area contributed by atoms with Crippen LogP contribution in [0.5, 0.6) is 0 Å². The number of morpholine rings is 1. The predicted octanol–water partition coefficient (Wildman–Crippen LogP) is 1.85. The number of ether oxygens (including phenoxy) is 1. The van der Waals surface area contributed by atoms with Crippen LogP contribution in [0.15, 0.2) is 42.7 Å². The van der Waals surface area contributed by atoms with Crippen molar-refractivity contribution < 1.29 is 9.53 Å². The Labute approximate surface area is 148 Å². The van der Waals surface area contributed by atoms with E-state index in [1.54, 1.807) is 6.20 Å². The van der Waals surface area contributed by atoms with Crippen LogP contribution in [0.4, 0.5) is 0 Å². The summed E-state index contributed by atoms with van der Waals surface area (Å²) in [5.74, 6) is -0.0417. The molecule has 1 fully saturated rings. The Morgan fingerprint density at radius 1 is 1.42 bits per heavy atom. The van der Waals surface area contributed by atoms with Crippen molar-refractivity contribution in [1.29, 1.82) is 0 Å². The van der Waals surface area contributed by atoms with E-state index in [2.05, 4.69) is 15.7 Å². The molecule has 0 radical (unpaired) electrons.